The lowest BCUT2D eigenvalue weighted by Crippen LogP contribution is -2.58. The molecule has 0 aromatic heterocycles. The van der Waals surface area contributed by atoms with Crippen molar-refractivity contribution in [3.05, 3.63) is 24.3 Å². The second kappa shape index (κ2) is 4.95. The first-order valence-electron chi connectivity index (χ1n) is 6.94. The Kier molecular flexibility index (Phi) is 3.23. The fourth-order valence-electron chi connectivity index (χ4n) is 2.48. The van der Waals surface area contributed by atoms with E-state index in [0.717, 1.165) is 12.8 Å². The number of hydrogen-bond acceptors (Lipinski definition) is 4. The number of hydrogen-bond donors (Lipinski definition) is 2. The zero-order valence-corrected chi connectivity index (χ0v) is 11.7. The largest absolute Gasteiger partial charge is 0.485 e. The lowest BCUT2D eigenvalue weighted by atomic mass is 9.95. The van der Waals surface area contributed by atoms with Crippen molar-refractivity contribution in [2.24, 2.45) is 5.92 Å². The van der Waals surface area contributed by atoms with Crippen molar-refractivity contribution in [3.63, 3.8) is 0 Å². The summed E-state index contributed by atoms with van der Waals surface area (Å²) in [5, 5.41) is 12.0. The molecular weight excluding hydrogens is 274 g/mol. The van der Waals surface area contributed by atoms with Gasteiger partial charge in [-0.2, -0.15) is 0 Å². The van der Waals surface area contributed by atoms with Crippen LogP contribution < -0.4 is 14.8 Å². The molecule has 1 fully saturated rings. The van der Waals surface area contributed by atoms with Crippen molar-refractivity contribution in [1.29, 1.82) is 0 Å². The van der Waals surface area contributed by atoms with Gasteiger partial charge >= 0.3 is 5.97 Å². The topological polar surface area (TPSA) is 84.9 Å². The number of carboxylic acid groups (broad SMARTS) is 1. The molecule has 0 saturated heterocycles. The van der Waals surface area contributed by atoms with Crippen molar-refractivity contribution in [3.8, 4) is 11.5 Å². The van der Waals surface area contributed by atoms with Crippen LogP contribution in [0.5, 0.6) is 11.5 Å². The summed E-state index contributed by atoms with van der Waals surface area (Å²) in [7, 11) is 0. The molecule has 0 unspecified atom stereocenters. The van der Waals surface area contributed by atoms with E-state index in [1.54, 1.807) is 25.1 Å². The Bertz CT molecular complexity index is 583. The summed E-state index contributed by atoms with van der Waals surface area (Å²) in [5.74, 6) is -0.412. The molecule has 1 heterocycles. The lowest BCUT2D eigenvalue weighted by molar-refractivity contribution is -0.149. The molecule has 1 aromatic rings. The summed E-state index contributed by atoms with van der Waals surface area (Å²) < 4.78 is 11.1. The second-order valence-electron chi connectivity index (χ2n) is 5.64. The van der Waals surface area contributed by atoms with Gasteiger partial charge in [0.15, 0.2) is 11.5 Å². The predicted octanol–water partition coefficient (Wildman–Crippen LogP) is 1.20. The molecule has 1 aromatic carbocycles. The van der Waals surface area contributed by atoms with Crippen molar-refractivity contribution in [1.82, 2.24) is 5.32 Å². The van der Waals surface area contributed by atoms with Crippen LogP contribution in [-0.4, -0.2) is 35.2 Å². The number of carbonyl (C=O) groups is 2. The van der Waals surface area contributed by atoms with E-state index in [-0.39, 0.29) is 12.5 Å². The van der Waals surface area contributed by atoms with Gasteiger partial charge < -0.3 is 19.9 Å². The zero-order valence-electron chi connectivity index (χ0n) is 11.7. The number of carbonyl (C=O) groups excluding carboxylic acids is 1. The summed E-state index contributed by atoms with van der Waals surface area (Å²) in [5.41, 5.74) is -1.24. The Hall–Kier alpha value is -2.24. The number of amides is 1. The highest BCUT2D eigenvalue weighted by molar-refractivity contribution is 5.89. The Balaban J connectivity index is 1.71. The quantitative estimate of drug-likeness (QED) is 0.870. The van der Waals surface area contributed by atoms with Gasteiger partial charge in [-0.05, 0) is 37.8 Å². The molecule has 3 rings (SSSR count). The molecule has 2 atom stereocenters. The average molecular weight is 291 g/mol. The first kappa shape index (κ1) is 13.7. The van der Waals surface area contributed by atoms with Crippen LogP contribution in [0, 0.1) is 5.92 Å². The SMILES string of the molecule is C[C@@](NC(=O)[C@H]1COc2ccccc2O1)(C(=O)O)C1CC1. The number of benzene rings is 1. The molecule has 2 aliphatic rings. The Morgan fingerprint density at radius 1 is 1.29 bits per heavy atom. The van der Waals surface area contributed by atoms with Gasteiger partial charge in [0, 0.05) is 0 Å². The molecule has 6 nitrogen and oxygen atoms in total. The number of nitrogens with one attached hydrogen (secondary N) is 1. The van der Waals surface area contributed by atoms with E-state index >= 15 is 0 Å². The Morgan fingerprint density at radius 2 is 1.95 bits per heavy atom. The van der Waals surface area contributed by atoms with Crippen molar-refractivity contribution in [2.45, 2.75) is 31.4 Å². The number of carboxylic acids is 1. The first-order valence-corrected chi connectivity index (χ1v) is 6.94. The van der Waals surface area contributed by atoms with Crippen LogP contribution >= 0.6 is 0 Å². The third kappa shape index (κ3) is 2.53. The van der Waals surface area contributed by atoms with Crippen LogP contribution in [0.25, 0.3) is 0 Å². The number of ether oxygens (including phenoxy) is 2. The van der Waals surface area contributed by atoms with E-state index in [9.17, 15) is 14.7 Å². The van der Waals surface area contributed by atoms with Crippen LogP contribution in [0.2, 0.25) is 0 Å². The van der Waals surface area contributed by atoms with Gasteiger partial charge in [0.2, 0.25) is 6.10 Å². The van der Waals surface area contributed by atoms with E-state index < -0.39 is 23.5 Å². The van der Waals surface area contributed by atoms with Gasteiger partial charge in [0.25, 0.3) is 5.91 Å². The van der Waals surface area contributed by atoms with E-state index in [0.29, 0.717) is 11.5 Å². The maximum atomic E-state index is 12.3. The van der Waals surface area contributed by atoms with E-state index in [2.05, 4.69) is 5.32 Å². The van der Waals surface area contributed by atoms with Crippen molar-refractivity contribution >= 4 is 11.9 Å². The molecule has 6 heteroatoms. The molecule has 0 radical (unpaired) electrons. The fourth-order valence-corrected chi connectivity index (χ4v) is 2.48. The minimum Gasteiger partial charge on any atom is -0.485 e. The maximum absolute atomic E-state index is 12.3. The molecule has 1 aliphatic carbocycles. The third-order valence-electron chi connectivity index (χ3n) is 4.02. The minimum absolute atomic E-state index is 0.0178. The number of para-hydroxylation sites is 2. The third-order valence-corrected chi connectivity index (χ3v) is 4.02. The van der Waals surface area contributed by atoms with Gasteiger partial charge in [-0.1, -0.05) is 12.1 Å². The molecule has 21 heavy (non-hydrogen) atoms. The average Bonchev–Trinajstić information content (AvgIpc) is 3.31. The summed E-state index contributed by atoms with van der Waals surface area (Å²) in [6.45, 7) is 1.62. The van der Waals surface area contributed by atoms with Gasteiger partial charge in [-0.3, -0.25) is 4.79 Å². The standard InChI is InChI=1S/C15H17NO5/c1-15(14(18)19,9-6-7-9)16-13(17)12-8-20-10-4-2-3-5-11(10)21-12/h2-5,9,12H,6-8H2,1H3,(H,16,17)(H,18,19)/t12-,15+/m1/s1. The van der Waals surface area contributed by atoms with Crippen LogP contribution in [0.15, 0.2) is 24.3 Å². The zero-order chi connectivity index (χ0) is 15.0. The van der Waals surface area contributed by atoms with Gasteiger partial charge in [0.05, 0.1) is 0 Å². The van der Waals surface area contributed by atoms with Gasteiger partial charge in [-0.15, -0.1) is 0 Å². The summed E-state index contributed by atoms with van der Waals surface area (Å²) in [4.78, 5) is 23.7. The lowest BCUT2D eigenvalue weighted by Gasteiger charge is -2.30. The van der Waals surface area contributed by atoms with Crippen molar-refractivity contribution in [2.75, 3.05) is 6.61 Å². The molecular formula is C15H17NO5. The molecule has 1 amide bonds. The van der Waals surface area contributed by atoms with Crippen LogP contribution in [0.1, 0.15) is 19.8 Å². The van der Waals surface area contributed by atoms with Gasteiger partial charge in [0.1, 0.15) is 12.1 Å². The highest BCUT2D eigenvalue weighted by Gasteiger charge is 2.49. The molecule has 0 spiro atoms. The number of aliphatic carboxylic acids is 1. The second-order valence-corrected chi connectivity index (χ2v) is 5.64. The fraction of sp³-hybridized carbons (Fsp3) is 0.467. The first-order chi connectivity index (χ1) is 10.0. The van der Waals surface area contributed by atoms with Gasteiger partial charge in [-0.25, -0.2) is 4.79 Å². The Morgan fingerprint density at radius 3 is 2.57 bits per heavy atom. The highest BCUT2D eigenvalue weighted by atomic mass is 16.6. The molecule has 1 saturated carbocycles. The monoisotopic (exact) mass is 291 g/mol. The molecule has 112 valence electrons. The molecule has 1 aliphatic heterocycles. The molecule has 0 bridgehead atoms. The summed E-state index contributed by atoms with van der Waals surface area (Å²) >= 11 is 0. The summed E-state index contributed by atoms with van der Waals surface area (Å²) in [6, 6.07) is 7.08. The van der Waals surface area contributed by atoms with E-state index in [1.807, 2.05) is 6.07 Å². The van der Waals surface area contributed by atoms with E-state index in [4.69, 9.17) is 9.47 Å². The minimum atomic E-state index is -1.24. The van der Waals surface area contributed by atoms with Crippen molar-refractivity contribution < 1.29 is 24.2 Å². The highest BCUT2D eigenvalue weighted by Crippen LogP contribution is 2.40. The Labute approximate surface area is 122 Å². The number of rotatable bonds is 4. The predicted molar refractivity (Wildman–Crippen MR) is 73.3 cm³/mol. The molecule has 2 N–H and O–H groups in total. The smallest absolute Gasteiger partial charge is 0.329 e. The number of fused-ring (bicyclic) bond motifs is 1. The van der Waals surface area contributed by atoms with E-state index in [1.165, 1.54) is 0 Å². The normalized spacial score (nSPS) is 23.0. The van der Waals surface area contributed by atoms with Crippen LogP contribution in [0.3, 0.4) is 0 Å². The van der Waals surface area contributed by atoms with Crippen LogP contribution in [-0.2, 0) is 9.59 Å². The van der Waals surface area contributed by atoms with Crippen LogP contribution in [0.4, 0.5) is 0 Å². The maximum Gasteiger partial charge on any atom is 0.329 e. The summed E-state index contributed by atoms with van der Waals surface area (Å²) in [6.07, 6.45) is 0.791.